The van der Waals surface area contributed by atoms with Crippen LogP contribution in [-0.2, 0) is 0 Å². The highest BCUT2D eigenvalue weighted by molar-refractivity contribution is 6.31. The Hall–Kier alpha value is -0.770. The second-order valence-corrected chi connectivity index (χ2v) is 6.02. The fourth-order valence-corrected chi connectivity index (χ4v) is 2.53. The van der Waals surface area contributed by atoms with Crippen molar-refractivity contribution in [1.29, 1.82) is 0 Å². The van der Waals surface area contributed by atoms with Crippen molar-refractivity contribution in [3.8, 4) is 5.75 Å². The fourth-order valence-electron chi connectivity index (χ4n) is 2.36. The Morgan fingerprint density at radius 1 is 1.15 bits per heavy atom. The van der Waals surface area contributed by atoms with E-state index in [1.165, 1.54) is 39.1 Å². The first-order valence-corrected chi connectivity index (χ1v) is 7.83. The standard InChI is InChI=1S/C16H25ClN2O/c1-14-5-6-15(13-16(14)17)20-12-4-3-7-19-10-8-18(2)9-11-19/h5-6,13H,3-4,7-12H2,1-2H3. The first-order valence-electron chi connectivity index (χ1n) is 7.45. The van der Waals surface area contributed by atoms with Crippen molar-refractivity contribution in [3.05, 3.63) is 28.8 Å². The van der Waals surface area contributed by atoms with Gasteiger partial charge in [-0.1, -0.05) is 17.7 Å². The number of benzene rings is 1. The highest BCUT2D eigenvalue weighted by atomic mass is 35.5. The topological polar surface area (TPSA) is 15.7 Å². The van der Waals surface area contributed by atoms with Crippen LogP contribution in [0.1, 0.15) is 18.4 Å². The number of halogens is 1. The molecule has 1 aromatic carbocycles. The molecule has 0 aliphatic carbocycles. The van der Waals surface area contributed by atoms with Gasteiger partial charge in [0.05, 0.1) is 6.61 Å². The lowest BCUT2D eigenvalue weighted by Gasteiger charge is -2.32. The molecule has 20 heavy (non-hydrogen) atoms. The number of aryl methyl sites for hydroxylation is 1. The molecule has 0 aromatic heterocycles. The minimum absolute atomic E-state index is 0.771. The highest BCUT2D eigenvalue weighted by Gasteiger charge is 2.12. The van der Waals surface area contributed by atoms with Gasteiger partial charge in [0.2, 0.25) is 0 Å². The summed E-state index contributed by atoms with van der Waals surface area (Å²) in [6.45, 7) is 8.74. The highest BCUT2D eigenvalue weighted by Crippen LogP contribution is 2.21. The monoisotopic (exact) mass is 296 g/mol. The van der Waals surface area contributed by atoms with Gasteiger partial charge in [0, 0.05) is 31.2 Å². The minimum atomic E-state index is 0.771. The van der Waals surface area contributed by atoms with Crippen molar-refractivity contribution < 1.29 is 4.74 Å². The molecule has 0 amide bonds. The third-order valence-electron chi connectivity index (χ3n) is 3.88. The van der Waals surface area contributed by atoms with Gasteiger partial charge < -0.3 is 14.5 Å². The molecule has 1 aliphatic rings. The molecular formula is C16H25ClN2O. The zero-order valence-electron chi connectivity index (χ0n) is 12.6. The van der Waals surface area contributed by atoms with Crippen LogP contribution >= 0.6 is 11.6 Å². The van der Waals surface area contributed by atoms with E-state index in [4.69, 9.17) is 16.3 Å². The normalized spacial score (nSPS) is 17.4. The van der Waals surface area contributed by atoms with E-state index in [1.54, 1.807) is 0 Å². The molecule has 112 valence electrons. The Morgan fingerprint density at radius 3 is 2.60 bits per heavy atom. The molecule has 3 nitrogen and oxygen atoms in total. The van der Waals surface area contributed by atoms with E-state index < -0.39 is 0 Å². The Labute approximate surface area is 127 Å². The number of likely N-dealkylation sites (N-methyl/N-ethyl adjacent to an activating group) is 1. The summed E-state index contributed by atoms with van der Waals surface area (Å²) in [4.78, 5) is 4.93. The zero-order valence-corrected chi connectivity index (χ0v) is 13.3. The van der Waals surface area contributed by atoms with E-state index in [2.05, 4.69) is 16.8 Å². The predicted molar refractivity (Wildman–Crippen MR) is 84.9 cm³/mol. The number of unbranched alkanes of at least 4 members (excludes halogenated alkanes) is 1. The molecule has 1 fully saturated rings. The minimum Gasteiger partial charge on any atom is -0.494 e. The molecule has 0 unspecified atom stereocenters. The van der Waals surface area contributed by atoms with Crippen LogP contribution in [0, 0.1) is 6.92 Å². The Morgan fingerprint density at radius 2 is 1.90 bits per heavy atom. The van der Waals surface area contributed by atoms with Crippen LogP contribution in [0.15, 0.2) is 18.2 Å². The molecule has 2 rings (SSSR count). The van der Waals surface area contributed by atoms with Gasteiger partial charge in [-0.15, -0.1) is 0 Å². The van der Waals surface area contributed by atoms with Gasteiger partial charge >= 0.3 is 0 Å². The number of hydrogen-bond donors (Lipinski definition) is 0. The quantitative estimate of drug-likeness (QED) is 0.751. The van der Waals surface area contributed by atoms with Crippen LogP contribution in [-0.4, -0.2) is 56.2 Å². The summed E-state index contributed by atoms with van der Waals surface area (Å²) in [6, 6.07) is 5.89. The van der Waals surface area contributed by atoms with Crippen molar-refractivity contribution in [3.63, 3.8) is 0 Å². The molecule has 0 saturated carbocycles. The molecule has 1 aromatic rings. The average Bonchev–Trinajstić information content (AvgIpc) is 2.44. The van der Waals surface area contributed by atoms with E-state index in [1.807, 2.05) is 25.1 Å². The summed E-state index contributed by atoms with van der Waals surface area (Å²) in [5.41, 5.74) is 1.09. The van der Waals surface area contributed by atoms with Gasteiger partial charge in [-0.3, -0.25) is 0 Å². The second-order valence-electron chi connectivity index (χ2n) is 5.61. The molecule has 0 atom stereocenters. The van der Waals surface area contributed by atoms with Crippen LogP contribution in [0.5, 0.6) is 5.75 Å². The molecule has 0 radical (unpaired) electrons. The SMILES string of the molecule is Cc1ccc(OCCCCN2CCN(C)CC2)cc1Cl. The predicted octanol–water partition coefficient (Wildman–Crippen LogP) is 3.05. The van der Waals surface area contributed by atoms with E-state index in [-0.39, 0.29) is 0 Å². The number of piperazine rings is 1. The largest absolute Gasteiger partial charge is 0.494 e. The first-order chi connectivity index (χ1) is 9.65. The van der Waals surface area contributed by atoms with Crippen molar-refractivity contribution in [2.45, 2.75) is 19.8 Å². The molecule has 4 heteroatoms. The first kappa shape index (κ1) is 15.6. The molecule has 1 heterocycles. The lowest BCUT2D eigenvalue weighted by atomic mass is 10.2. The van der Waals surface area contributed by atoms with Crippen molar-refractivity contribution in [2.24, 2.45) is 0 Å². The van der Waals surface area contributed by atoms with Crippen molar-refractivity contribution in [1.82, 2.24) is 9.80 Å². The van der Waals surface area contributed by atoms with Gasteiger partial charge in [-0.2, -0.15) is 0 Å². The van der Waals surface area contributed by atoms with Crippen LogP contribution in [0.2, 0.25) is 5.02 Å². The maximum Gasteiger partial charge on any atom is 0.120 e. The molecule has 0 N–H and O–H groups in total. The smallest absolute Gasteiger partial charge is 0.120 e. The lowest BCUT2D eigenvalue weighted by molar-refractivity contribution is 0.150. The summed E-state index contributed by atoms with van der Waals surface area (Å²) < 4.78 is 5.74. The van der Waals surface area contributed by atoms with Gasteiger partial charge in [0.1, 0.15) is 5.75 Å². The molecule has 0 spiro atoms. The van der Waals surface area contributed by atoms with Gasteiger partial charge in [-0.05, 0) is 51.1 Å². The van der Waals surface area contributed by atoms with Crippen molar-refractivity contribution >= 4 is 11.6 Å². The summed E-state index contributed by atoms with van der Waals surface area (Å²) in [5, 5.41) is 0.778. The van der Waals surface area contributed by atoms with E-state index in [0.29, 0.717) is 0 Å². The van der Waals surface area contributed by atoms with Crippen LogP contribution in [0.4, 0.5) is 0 Å². The maximum atomic E-state index is 6.08. The zero-order chi connectivity index (χ0) is 14.4. The third kappa shape index (κ3) is 4.97. The number of ether oxygens (including phenoxy) is 1. The summed E-state index contributed by atoms with van der Waals surface area (Å²) in [6.07, 6.45) is 2.29. The molecular weight excluding hydrogens is 272 g/mol. The number of hydrogen-bond acceptors (Lipinski definition) is 3. The van der Waals surface area contributed by atoms with E-state index >= 15 is 0 Å². The molecule has 1 saturated heterocycles. The average molecular weight is 297 g/mol. The lowest BCUT2D eigenvalue weighted by Crippen LogP contribution is -2.44. The summed E-state index contributed by atoms with van der Waals surface area (Å²) in [5.74, 6) is 0.875. The molecule has 0 bridgehead atoms. The fraction of sp³-hybridized carbons (Fsp3) is 0.625. The van der Waals surface area contributed by atoms with Gasteiger partial charge in [0.15, 0.2) is 0 Å². The van der Waals surface area contributed by atoms with Crippen molar-refractivity contribution in [2.75, 3.05) is 46.4 Å². The van der Waals surface area contributed by atoms with Crippen LogP contribution in [0.3, 0.4) is 0 Å². The van der Waals surface area contributed by atoms with Gasteiger partial charge in [0.25, 0.3) is 0 Å². The third-order valence-corrected chi connectivity index (χ3v) is 4.28. The van der Waals surface area contributed by atoms with Crippen LogP contribution in [0.25, 0.3) is 0 Å². The van der Waals surface area contributed by atoms with E-state index in [9.17, 15) is 0 Å². The summed E-state index contributed by atoms with van der Waals surface area (Å²) in [7, 11) is 2.19. The second kappa shape index (κ2) is 7.87. The Kier molecular flexibility index (Phi) is 6.14. The van der Waals surface area contributed by atoms with E-state index in [0.717, 1.165) is 29.4 Å². The number of rotatable bonds is 6. The molecule has 1 aliphatic heterocycles. The Balaban J connectivity index is 1.58. The maximum absolute atomic E-state index is 6.08. The van der Waals surface area contributed by atoms with Crippen LogP contribution < -0.4 is 4.74 Å². The Bertz CT molecular complexity index is 417. The number of nitrogens with zero attached hydrogens (tertiary/aromatic N) is 2. The van der Waals surface area contributed by atoms with Gasteiger partial charge in [-0.25, -0.2) is 0 Å². The summed E-state index contributed by atoms with van der Waals surface area (Å²) >= 11 is 6.08.